The summed E-state index contributed by atoms with van der Waals surface area (Å²) in [4.78, 5) is 4.57. The lowest BCUT2D eigenvalue weighted by molar-refractivity contribution is 0.388. The SMILES string of the molecule is COc1ccc(-c2noc(CSC3CCCc4ccccc43)n2)c(OC)c1. The van der Waals surface area contributed by atoms with Gasteiger partial charge in [0.05, 0.1) is 25.5 Å². The Hall–Kier alpha value is -2.47. The highest BCUT2D eigenvalue weighted by atomic mass is 32.2. The van der Waals surface area contributed by atoms with Crippen molar-refractivity contribution in [2.45, 2.75) is 30.3 Å². The fourth-order valence-electron chi connectivity index (χ4n) is 3.46. The van der Waals surface area contributed by atoms with Crippen LogP contribution in [-0.4, -0.2) is 24.4 Å². The van der Waals surface area contributed by atoms with Gasteiger partial charge in [0, 0.05) is 11.3 Å². The number of fused-ring (bicyclic) bond motifs is 1. The summed E-state index contributed by atoms with van der Waals surface area (Å²) in [5, 5.41) is 4.63. The van der Waals surface area contributed by atoms with Gasteiger partial charge < -0.3 is 14.0 Å². The normalized spacial score (nSPS) is 16.0. The molecule has 0 N–H and O–H groups in total. The molecule has 0 bridgehead atoms. The van der Waals surface area contributed by atoms with Crippen molar-refractivity contribution < 1.29 is 14.0 Å². The number of rotatable bonds is 6. The van der Waals surface area contributed by atoms with E-state index in [1.165, 1.54) is 30.4 Å². The lowest BCUT2D eigenvalue weighted by Gasteiger charge is -2.24. The average Bonchev–Trinajstić information content (AvgIpc) is 3.20. The summed E-state index contributed by atoms with van der Waals surface area (Å²) < 4.78 is 16.2. The molecule has 0 saturated heterocycles. The van der Waals surface area contributed by atoms with Crippen LogP contribution in [0.1, 0.15) is 35.1 Å². The molecular weight excluding hydrogens is 360 g/mol. The van der Waals surface area contributed by atoms with Gasteiger partial charge in [-0.05, 0) is 42.5 Å². The average molecular weight is 382 g/mol. The Labute approximate surface area is 163 Å². The van der Waals surface area contributed by atoms with Crippen LogP contribution in [-0.2, 0) is 12.2 Å². The fourth-order valence-corrected chi connectivity index (χ4v) is 4.66. The zero-order chi connectivity index (χ0) is 18.6. The van der Waals surface area contributed by atoms with Gasteiger partial charge in [-0.2, -0.15) is 4.98 Å². The van der Waals surface area contributed by atoms with Crippen molar-refractivity contribution >= 4 is 11.8 Å². The van der Waals surface area contributed by atoms with Crippen molar-refractivity contribution in [3.8, 4) is 22.9 Å². The molecule has 0 saturated carbocycles. The number of ether oxygens (including phenoxy) is 2. The number of nitrogens with zero attached hydrogens (tertiary/aromatic N) is 2. The predicted octanol–water partition coefficient (Wildman–Crippen LogP) is 5.06. The van der Waals surface area contributed by atoms with E-state index in [9.17, 15) is 0 Å². The number of aryl methyl sites for hydroxylation is 1. The lowest BCUT2D eigenvalue weighted by atomic mass is 9.91. The first-order valence-electron chi connectivity index (χ1n) is 9.03. The summed E-state index contributed by atoms with van der Waals surface area (Å²) in [6.45, 7) is 0. The number of thioether (sulfide) groups is 1. The molecule has 5 nitrogen and oxygen atoms in total. The number of aromatic nitrogens is 2. The maximum atomic E-state index is 5.49. The van der Waals surface area contributed by atoms with Gasteiger partial charge in [-0.25, -0.2) is 0 Å². The Balaban J connectivity index is 1.48. The van der Waals surface area contributed by atoms with Crippen LogP contribution in [0, 0.1) is 0 Å². The van der Waals surface area contributed by atoms with E-state index >= 15 is 0 Å². The highest BCUT2D eigenvalue weighted by Gasteiger charge is 2.21. The van der Waals surface area contributed by atoms with Crippen LogP contribution in [0.3, 0.4) is 0 Å². The molecule has 2 aromatic carbocycles. The second-order valence-electron chi connectivity index (χ2n) is 6.47. The molecule has 6 heteroatoms. The summed E-state index contributed by atoms with van der Waals surface area (Å²) in [5.41, 5.74) is 3.71. The van der Waals surface area contributed by atoms with Gasteiger partial charge in [-0.3, -0.25) is 0 Å². The van der Waals surface area contributed by atoms with Gasteiger partial charge in [-0.15, -0.1) is 11.8 Å². The van der Waals surface area contributed by atoms with Crippen LogP contribution in [0.25, 0.3) is 11.4 Å². The third kappa shape index (κ3) is 3.81. The molecular formula is C21H22N2O3S. The van der Waals surface area contributed by atoms with Gasteiger partial charge in [0.15, 0.2) is 0 Å². The van der Waals surface area contributed by atoms with Gasteiger partial charge >= 0.3 is 0 Å². The molecule has 1 heterocycles. The molecule has 0 radical (unpaired) electrons. The molecule has 1 aliphatic rings. The van der Waals surface area contributed by atoms with Crippen molar-refractivity contribution in [2.75, 3.05) is 14.2 Å². The molecule has 1 aromatic heterocycles. The molecule has 3 aromatic rings. The first kappa shape index (κ1) is 17.9. The minimum Gasteiger partial charge on any atom is -0.497 e. The third-order valence-corrected chi connectivity index (χ3v) is 6.15. The van der Waals surface area contributed by atoms with Gasteiger partial charge in [0.25, 0.3) is 0 Å². The molecule has 4 rings (SSSR count). The van der Waals surface area contributed by atoms with Crippen LogP contribution in [0.2, 0.25) is 0 Å². The zero-order valence-corrected chi connectivity index (χ0v) is 16.3. The Bertz CT molecular complexity index is 925. The Morgan fingerprint density at radius 1 is 1.15 bits per heavy atom. The van der Waals surface area contributed by atoms with Crippen molar-refractivity contribution in [2.24, 2.45) is 0 Å². The van der Waals surface area contributed by atoms with Crippen LogP contribution in [0.5, 0.6) is 11.5 Å². The topological polar surface area (TPSA) is 57.4 Å². The largest absolute Gasteiger partial charge is 0.497 e. The van der Waals surface area contributed by atoms with Crippen molar-refractivity contribution in [3.05, 3.63) is 59.5 Å². The highest BCUT2D eigenvalue weighted by Crippen LogP contribution is 2.41. The zero-order valence-electron chi connectivity index (χ0n) is 15.5. The smallest absolute Gasteiger partial charge is 0.236 e. The van der Waals surface area contributed by atoms with Gasteiger partial charge in [0.2, 0.25) is 11.7 Å². The predicted molar refractivity (Wildman–Crippen MR) is 106 cm³/mol. The first-order chi connectivity index (χ1) is 13.3. The molecule has 1 unspecified atom stereocenters. The van der Waals surface area contributed by atoms with E-state index < -0.39 is 0 Å². The second-order valence-corrected chi connectivity index (χ2v) is 7.66. The molecule has 27 heavy (non-hydrogen) atoms. The summed E-state index contributed by atoms with van der Waals surface area (Å²) in [6, 6.07) is 14.3. The third-order valence-electron chi connectivity index (χ3n) is 4.84. The van der Waals surface area contributed by atoms with Crippen LogP contribution >= 0.6 is 11.8 Å². The van der Waals surface area contributed by atoms with Gasteiger partial charge in [0.1, 0.15) is 11.5 Å². The van der Waals surface area contributed by atoms with E-state index in [-0.39, 0.29) is 0 Å². The summed E-state index contributed by atoms with van der Waals surface area (Å²) in [6.07, 6.45) is 3.59. The Morgan fingerprint density at radius 3 is 2.89 bits per heavy atom. The summed E-state index contributed by atoms with van der Waals surface area (Å²) >= 11 is 1.87. The highest BCUT2D eigenvalue weighted by molar-refractivity contribution is 7.98. The summed E-state index contributed by atoms with van der Waals surface area (Å²) in [7, 11) is 3.25. The van der Waals surface area contributed by atoms with E-state index in [0.29, 0.717) is 28.5 Å². The van der Waals surface area contributed by atoms with Crippen LogP contribution in [0.15, 0.2) is 47.0 Å². The standard InChI is InChI=1S/C21H22N2O3S/c1-24-15-10-11-17(18(12-15)25-2)21-22-20(26-23-21)13-27-19-9-5-7-14-6-3-4-8-16(14)19/h3-4,6,8,10-12,19H,5,7,9,13H2,1-2H3. The molecule has 0 aliphatic heterocycles. The van der Waals surface area contributed by atoms with E-state index in [1.54, 1.807) is 14.2 Å². The number of benzene rings is 2. The monoisotopic (exact) mass is 382 g/mol. The van der Waals surface area contributed by atoms with E-state index in [2.05, 4.69) is 34.4 Å². The van der Waals surface area contributed by atoms with Crippen molar-refractivity contribution in [3.63, 3.8) is 0 Å². The maximum absolute atomic E-state index is 5.49. The van der Waals surface area contributed by atoms with E-state index in [0.717, 1.165) is 11.3 Å². The van der Waals surface area contributed by atoms with E-state index in [4.69, 9.17) is 14.0 Å². The molecule has 1 aliphatic carbocycles. The maximum Gasteiger partial charge on any atom is 0.236 e. The lowest BCUT2D eigenvalue weighted by Crippen LogP contribution is -2.07. The molecule has 0 spiro atoms. The first-order valence-corrected chi connectivity index (χ1v) is 10.1. The number of hydrogen-bond acceptors (Lipinski definition) is 6. The molecule has 0 fully saturated rings. The van der Waals surface area contributed by atoms with Crippen molar-refractivity contribution in [1.29, 1.82) is 0 Å². The van der Waals surface area contributed by atoms with Crippen LogP contribution in [0.4, 0.5) is 0 Å². The van der Waals surface area contributed by atoms with E-state index in [1.807, 2.05) is 30.0 Å². The molecule has 140 valence electrons. The number of methoxy groups -OCH3 is 2. The Kier molecular flexibility index (Phi) is 5.34. The molecule has 0 amide bonds. The van der Waals surface area contributed by atoms with Crippen molar-refractivity contribution in [1.82, 2.24) is 10.1 Å². The number of hydrogen-bond donors (Lipinski definition) is 0. The van der Waals surface area contributed by atoms with Gasteiger partial charge in [-0.1, -0.05) is 29.4 Å². The molecule has 1 atom stereocenters. The van der Waals surface area contributed by atoms with Crippen LogP contribution < -0.4 is 9.47 Å². The fraction of sp³-hybridized carbons (Fsp3) is 0.333. The summed E-state index contributed by atoms with van der Waals surface area (Å²) in [5.74, 6) is 3.26. The second kappa shape index (κ2) is 8.05. The minimum atomic E-state index is 0.487. The minimum absolute atomic E-state index is 0.487. The quantitative estimate of drug-likeness (QED) is 0.594. The Morgan fingerprint density at radius 2 is 2.04 bits per heavy atom.